The van der Waals surface area contributed by atoms with Crippen LogP contribution in [0.2, 0.25) is 0 Å². The van der Waals surface area contributed by atoms with E-state index < -0.39 is 0 Å². The van der Waals surface area contributed by atoms with Gasteiger partial charge in [-0.05, 0) is 56.1 Å². The van der Waals surface area contributed by atoms with E-state index in [2.05, 4.69) is 0 Å². The molecule has 2 saturated carbocycles. The van der Waals surface area contributed by atoms with Crippen LogP contribution in [0, 0.1) is 37.5 Å². The highest BCUT2D eigenvalue weighted by molar-refractivity contribution is 6.23. The minimum absolute atomic E-state index is 0.0275. The Morgan fingerprint density at radius 1 is 0.950 bits per heavy atom. The summed E-state index contributed by atoms with van der Waals surface area (Å²) in [5.41, 5.74) is 2.86. The second-order valence-electron chi connectivity index (χ2n) is 6.64. The average molecular weight is 269 g/mol. The highest BCUT2D eigenvalue weighted by Gasteiger charge is 2.61. The molecule has 4 atom stereocenters. The Morgan fingerprint density at radius 2 is 1.45 bits per heavy atom. The number of carbonyl (C=O) groups is 2. The summed E-state index contributed by atoms with van der Waals surface area (Å²) < 4.78 is 0. The predicted molar refractivity (Wildman–Crippen MR) is 76.2 cm³/mol. The van der Waals surface area contributed by atoms with Crippen molar-refractivity contribution in [2.24, 2.45) is 23.7 Å². The van der Waals surface area contributed by atoms with Crippen molar-refractivity contribution in [1.29, 1.82) is 0 Å². The van der Waals surface area contributed by atoms with Gasteiger partial charge in [0, 0.05) is 0 Å². The van der Waals surface area contributed by atoms with Crippen LogP contribution in [0.3, 0.4) is 0 Å². The van der Waals surface area contributed by atoms with Crippen molar-refractivity contribution in [3.63, 3.8) is 0 Å². The standard InChI is InChI=1S/C17H19NO2/c1-9-4-3-5-10(2)15(9)18-16(19)13-11-6-7-12(8-11)14(13)17(18)20/h3-5,11-14H,6-8H2,1-2H3/t11-,12+,13+,14-. The predicted octanol–water partition coefficient (Wildman–Crippen LogP) is 2.84. The molecule has 1 aromatic rings. The molecule has 2 bridgehead atoms. The van der Waals surface area contributed by atoms with Crippen molar-refractivity contribution in [1.82, 2.24) is 0 Å². The van der Waals surface area contributed by atoms with Gasteiger partial charge < -0.3 is 0 Å². The zero-order valence-corrected chi connectivity index (χ0v) is 11.9. The van der Waals surface area contributed by atoms with Gasteiger partial charge in [0.05, 0.1) is 17.5 Å². The van der Waals surface area contributed by atoms with Crippen molar-refractivity contribution in [2.45, 2.75) is 33.1 Å². The van der Waals surface area contributed by atoms with E-state index in [0.29, 0.717) is 11.8 Å². The van der Waals surface area contributed by atoms with E-state index in [1.54, 1.807) is 0 Å². The number of hydrogen-bond donors (Lipinski definition) is 0. The molecule has 0 spiro atoms. The fourth-order valence-corrected chi connectivity index (χ4v) is 4.79. The minimum atomic E-state index is -0.0275. The van der Waals surface area contributed by atoms with Crippen molar-refractivity contribution in [3.05, 3.63) is 29.3 Å². The van der Waals surface area contributed by atoms with Gasteiger partial charge in [-0.1, -0.05) is 18.2 Å². The molecule has 0 radical (unpaired) electrons. The van der Waals surface area contributed by atoms with Gasteiger partial charge >= 0.3 is 0 Å². The van der Waals surface area contributed by atoms with E-state index in [1.165, 1.54) is 4.90 Å². The molecule has 2 aliphatic carbocycles. The van der Waals surface area contributed by atoms with Gasteiger partial charge in [-0.3, -0.25) is 9.59 Å². The van der Waals surface area contributed by atoms with E-state index in [4.69, 9.17) is 0 Å². The molecule has 104 valence electrons. The zero-order valence-electron chi connectivity index (χ0n) is 11.9. The van der Waals surface area contributed by atoms with Crippen LogP contribution in [0.5, 0.6) is 0 Å². The molecule has 1 aromatic carbocycles. The summed E-state index contributed by atoms with van der Waals surface area (Å²) in [5.74, 6) is 0.973. The third kappa shape index (κ3) is 1.36. The molecule has 3 aliphatic rings. The summed E-state index contributed by atoms with van der Waals surface area (Å²) in [6, 6.07) is 5.93. The van der Waals surface area contributed by atoms with Gasteiger partial charge in [-0.25, -0.2) is 4.90 Å². The van der Waals surface area contributed by atoms with Crippen LogP contribution in [0.25, 0.3) is 0 Å². The van der Waals surface area contributed by atoms with Crippen molar-refractivity contribution in [2.75, 3.05) is 4.90 Å². The summed E-state index contributed by atoms with van der Waals surface area (Å²) in [6.07, 6.45) is 3.35. The molecule has 3 nitrogen and oxygen atoms in total. The number of carbonyl (C=O) groups excluding carboxylic acids is 2. The molecule has 0 N–H and O–H groups in total. The molecular weight excluding hydrogens is 250 g/mol. The molecular formula is C17H19NO2. The summed E-state index contributed by atoms with van der Waals surface area (Å²) in [5, 5.41) is 0. The average Bonchev–Trinajstić information content (AvgIpc) is 3.07. The quantitative estimate of drug-likeness (QED) is 0.735. The normalized spacial score (nSPS) is 35.0. The molecule has 2 amide bonds. The number of fused-ring (bicyclic) bond motifs is 5. The largest absolute Gasteiger partial charge is 0.274 e. The Labute approximate surface area is 119 Å². The third-order valence-corrected chi connectivity index (χ3v) is 5.59. The van der Waals surface area contributed by atoms with Gasteiger partial charge in [-0.2, -0.15) is 0 Å². The van der Waals surface area contributed by atoms with Gasteiger partial charge in [0.2, 0.25) is 11.8 Å². The Morgan fingerprint density at radius 3 is 1.95 bits per heavy atom. The van der Waals surface area contributed by atoms with E-state index in [-0.39, 0.29) is 23.7 Å². The highest BCUT2D eigenvalue weighted by atomic mass is 16.2. The molecule has 0 aromatic heterocycles. The van der Waals surface area contributed by atoms with Crippen LogP contribution in [-0.2, 0) is 9.59 Å². The number of rotatable bonds is 1. The lowest BCUT2D eigenvalue weighted by Gasteiger charge is -2.21. The maximum Gasteiger partial charge on any atom is 0.237 e. The van der Waals surface area contributed by atoms with Crippen LogP contribution in [0.15, 0.2) is 18.2 Å². The van der Waals surface area contributed by atoms with Crippen LogP contribution in [0.1, 0.15) is 30.4 Å². The molecule has 4 rings (SSSR count). The fraction of sp³-hybridized carbons (Fsp3) is 0.529. The number of anilines is 1. The molecule has 3 fully saturated rings. The first-order chi connectivity index (χ1) is 9.59. The number of aryl methyl sites for hydroxylation is 2. The van der Waals surface area contributed by atoms with E-state index >= 15 is 0 Å². The Bertz CT molecular complexity index is 573. The van der Waals surface area contributed by atoms with Crippen LogP contribution >= 0.6 is 0 Å². The molecule has 3 heteroatoms. The second-order valence-corrected chi connectivity index (χ2v) is 6.64. The van der Waals surface area contributed by atoms with Crippen LogP contribution in [0.4, 0.5) is 5.69 Å². The number of nitrogens with zero attached hydrogens (tertiary/aromatic N) is 1. The first kappa shape index (κ1) is 12.1. The molecule has 1 aliphatic heterocycles. The summed E-state index contributed by atoms with van der Waals surface area (Å²) in [7, 11) is 0. The molecule has 1 saturated heterocycles. The monoisotopic (exact) mass is 269 g/mol. The van der Waals surface area contributed by atoms with Gasteiger partial charge in [0.15, 0.2) is 0 Å². The third-order valence-electron chi connectivity index (χ3n) is 5.59. The second kappa shape index (κ2) is 3.94. The van der Waals surface area contributed by atoms with E-state index in [9.17, 15) is 9.59 Å². The first-order valence-electron chi connectivity index (χ1n) is 7.53. The maximum atomic E-state index is 12.8. The minimum Gasteiger partial charge on any atom is -0.274 e. The zero-order chi connectivity index (χ0) is 14.0. The molecule has 0 unspecified atom stereocenters. The lowest BCUT2D eigenvalue weighted by molar-refractivity contribution is -0.123. The summed E-state index contributed by atoms with van der Waals surface area (Å²) in [4.78, 5) is 27.1. The smallest absolute Gasteiger partial charge is 0.237 e. The number of benzene rings is 1. The lowest BCUT2D eigenvalue weighted by atomic mass is 9.81. The maximum absolute atomic E-state index is 12.8. The number of amides is 2. The molecule has 20 heavy (non-hydrogen) atoms. The summed E-state index contributed by atoms with van der Waals surface area (Å²) >= 11 is 0. The Kier molecular flexibility index (Phi) is 2.39. The first-order valence-corrected chi connectivity index (χ1v) is 7.53. The molecule has 1 heterocycles. The Hall–Kier alpha value is -1.64. The number of hydrogen-bond acceptors (Lipinski definition) is 2. The van der Waals surface area contributed by atoms with Gasteiger partial charge in [0.25, 0.3) is 0 Å². The summed E-state index contributed by atoms with van der Waals surface area (Å²) in [6.45, 7) is 3.96. The number of imide groups is 1. The van der Waals surface area contributed by atoms with Gasteiger partial charge in [-0.15, -0.1) is 0 Å². The fourth-order valence-electron chi connectivity index (χ4n) is 4.79. The van der Waals surface area contributed by atoms with Crippen LogP contribution < -0.4 is 4.90 Å². The highest BCUT2D eigenvalue weighted by Crippen LogP contribution is 2.56. The van der Waals surface area contributed by atoms with Crippen molar-refractivity contribution in [3.8, 4) is 0 Å². The van der Waals surface area contributed by atoms with Crippen LogP contribution in [-0.4, -0.2) is 11.8 Å². The number of para-hydroxylation sites is 1. The van der Waals surface area contributed by atoms with E-state index in [1.807, 2.05) is 32.0 Å². The van der Waals surface area contributed by atoms with Gasteiger partial charge in [0.1, 0.15) is 0 Å². The topological polar surface area (TPSA) is 37.4 Å². The van der Waals surface area contributed by atoms with Crippen molar-refractivity contribution < 1.29 is 9.59 Å². The lowest BCUT2D eigenvalue weighted by Crippen LogP contribution is -2.33. The Balaban J connectivity index is 1.81. The van der Waals surface area contributed by atoms with E-state index in [0.717, 1.165) is 36.1 Å². The van der Waals surface area contributed by atoms with Crippen molar-refractivity contribution >= 4 is 17.5 Å². The SMILES string of the molecule is Cc1cccc(C)c1N1C(=O)[C@@H]2[C@H]3CC[C@H](C3)[C@@H]2C1=O.